The lowest BCUT2D eigenvalue weighted by atomic mass is 9.99. The summed E-state index contributed by atoms with van der Waals surface area (Å²) in [5.41, 5.74) is 0. The number of aliphatic hydroxyl groups excluding tert-OH is 5. The molecule has 8 unspecified atom stereocenters. The third-order valence-corrected chi connectivity index (χ3v) is 12.1. The molecule has 8 atom stereocenters. The number of nitrogens with one attached hydrogen (secondary N) is 1. The Kier molecular flexibility index (Phi) is 42.1. The van der Waals surface area contributed by atoms with Crippen molar-refractivity contribution in [3.05, 3.63) is 97.2 Å². The number of carbonyl (C=O) groups excluding carboxylic acids is 2. The van der Waals surface area contributed by atoms with E-state index in [2.05, 4.69) is 50.4 Å². The number of unbranched alkanes of at least 4 members (excludes halogenated alkanes) is 20. The Hall–Kier alpha value is -3.42. The highest BCUT2D eigenvalue weighted by Gasteiger charge is 2.47. The van der Waals surface area contributed by atoms with Gasteiger partial charge < -0.3 is 45.1 Å². The second-order valence-corrected chi connectivity index (χ2v) is 18.4. The fourth-order valence-corrected chi connectivity index (χ4v) is 7.84. The quantitative estimate of drug-likeness (QED) is 0.0149. The van der Waals surface area contributed by atoms with Crippen molar-refractivity contribution in [2.45, 2.75) is 243 Å². The standard InChI is InChI=1S/C58H97NO10/c1-4-7-10-13-16-19-22-25-26-28-31-34-37-40-43-46-53(63)69-56-55(65)54(64)52(47-60)68-58(56)67-48-49(50(61)44-41-38-35-32-30-27-23-20-17-14-11-8-5-2)59-57(66)51(62)45-42-39-36-33-29-24-21-18-15-12-9-6-3/h7,9-10,12-13,15-16,18-19,21-22,24-26,41,44,49-52,54-56,58,60-62,64-65H,4-6,8,11,14,17,20,23,27-40,42-43,45-48H2,1-3H3,(H,59,66)/b10-7+,12-9+,16-13+,18-15+,22-19+,24-21-,26-25-,44-41+. The van der Waals surface area contributed by atoms with E-state index in [4.69, 9.17) is 14.2 Å². The zero-order valence-electron chi connectivity index (χ0n) is 43.1. The molecule has 0 radical (unpaired) electrons. The first-order valence-corrected chi connectivity index (χ1v) is 27.1. The average Bonchev–Trinajstić information content (AvgIpc) is 3.34. The summed E-state index contributed by atoms with van der Waals surface area (Å²) in [6.45, 7) is 5.45. The topological polar surface area (TPSA) is 175 Å². The molecule has 1 fully saturated rings. The first-order valence-electron chi connectivity index (χ1n) is 27.1. The SMILES string of the molecule is CC/C=C/C=C/C=C\CCCCCCC(O)C(=O)NC(COC1OC(CO)C(O)C(O)C1OC(=O)CCCCCCC\C=C/C=C/C=C/C=C/CC)C(O)/C=C/CCCCCCCCCCCCC. The van der Waals surface area contributed by atoms with Gasteiger partial charge in [-0.05, 0) is 64.2 Å². The number of ether oxygens (including phenoxy) is 3. The van der Waals surface area contributed by atoms with Crippen molar-refractivity contribution in [3.8, 4) is 0 Å². The predicted molar refractivity (Wildman–Crippen MR) is 282 cm³/mol. The molecule has 1 rings (SSSR count). The maximum absolute atomic E-state index is 13.3. The van der Waals surface area contributed by atoms with Crippen molar-refractivity contribution in [2.24, 2.45) is 0 Å². The van der Waals surface area contributed by atoms with Gasteiger partial charge in [0, 0.05) is 6.42 Å². The van der Waals surface area contributed by atoms with Crippen LogP contribution in [0.4, 0.5) is 0 Å². The van der Waals surface area contributed by atoms with Gasteiger partial charge in [0.25, 0.3) is 0 Å². The van der Waals surface area contributed by atoms with Crippen molar-refractivity contribution in [1.29, 1.82) is 0 Å². The summed E-state index contributed by atoms with van der Waals surface area (Å²) in [6, 6.07) is -1.04. The minimum Gasteiger partial charge on any atom is -0.454 e. The van der Waals surface area contributed by atoms with Gasteiger partial charge in [-0.3, -0.25) is 9.59 Å². The van der Waals surface area contributed by atoms with Gasteiger partial charge in [0.2, 0.25) is 5.91 Å². The van der Waals surface area contributed by atoms with Gasteiger partial charge in [-0.1, -0.05) is 221 Å². The van der Waals surface area contributed by atoms with E-state index < -0.39 is 67.4 Å². The van der Waals surface area contributed by atoms with Gasteiger partial charge in [-0.2, -0.15) is 0 Å². The minimum atomic E-state index is -1.63. The van der Waals surface area contributed by atoms with Gasteiger partial charge in [0.05, 0.1) is 25.4 Å². The molecule has 0 bridgehead atoms. The molecule has 0 aromatic heterocycles. The number of aliphatic hydroxyl groups is 5. The van der Waals surface area contributed by atoms with E-state index in [1.165, 1.54) is 51.4 Å². The molecule has 1 saturated heterocycles. The highest BCUT2D eigenvalue weighted by molar-refractivity contribution is 5.80. The minimum absolute atomic E-state index is 0.0895. The maximum atomic E-state index is 13.3. The lowest BCUT2D eigenvalue weighted by molar-refractivity contribution is -0.305. The van der Waals surface area contributed by atoms with E-state index in [9.17, 15) is 35.1 Å². The van der Waals surface area contributed by atoms with Gasteiger partial charge in [-0.15, -0.1) is 0 Å². The van der Waals surface area contributed by atoms with E-state index in [1.807, 2.05) is 66.8 Å². The molecule has 0 aliphatic carbocycles. The van der Waals surface area contributed by atoms with E-state index in [1.54, 1.807) is 6.08 Å². The monoisotopic (exact) mass is 968 g/mol. The van der Waals surface area contributed by atoms with Crippen molar-refractivity contribution in [3.63, 3.8) is 0 Å². The summed E-state index contributed by atoms with van der Waals surface area (Å²) in [5.74, 6) is -1.25. The van der Waals surface area contributed by atoms with E-state index in [-0.39, 0.29) is 19.4 Å². The van der Waals surface area contributed by atoms with Crippen LogP contribution in [0.25, 0.3) is 0 Å². The summed E-state index contributed by atoms with van der Waals surface area (Å²) in [5, 5.41) is 56.7. The van der Waals surface area contributed by atoms with E-state index in [0.717, 1.165) is 96.3 Å². The van der Waals surface area contributed by atoms with Crippen LogP contribution in [0.2, 0.25) is 0 Å². The molecule has 1 heterocycles. The van der Waals surface area contributed by atoms with Crippen molar-refractivity contribution < 1.29 is 49.3 Å². The normalized spacial score (nSPS) is 20.6. The highest BCUT2D eigenvalue weighted by atomic mass is 16.7. The molecule has 11 heteroatoms. The fourth-order valence-electron chi connectivity index (χ4n) is 7.84. The van der Waals surface area contributed by atoms with Crippen molar-refractivity contribution in [2.75, 3.05) is 13.2 Å². The van der Waals surface area contributed by atoms with Crippen LogP contribution in [0.1, 0.15) is 194 Å². The Morgan fingerprint density at radius 1 is 0.580 bits per heavy atom. The molecular weight excluding hydrogens is 871 g/mol. The first-order chi connectivity index (χ1) is 33.7. The molecule has 0 saturated carbocycles. The molecular formula is C58H97NO10. The van der Waals surface area contributed by atoms with Gasteiger partial charge in [-0.25, -0.2) is 0 Å². The van der Waals surface area contributed by atoms with Crippen LogP contribution in [0.5, 0.6) is 0 Å². The number of hydrogen-bond donors (Lipinski definition) is 6. The lowest BCUT2D eigenvalue weighted by Crippen LogP contribution is -2.61. The second-order valence-electron chi connectivity index (χ2n) is 18.4. The summed E-state index contributed by atoms with van der Waals surface area (Å²) in [4.78, 5) is 26.4. The summed E-state index contributed by atoms with van der Waals surface area (Å²) < 4.78 is 17.5. The maximum Gasteiger partial charge on any atom is 0.306 e. The third-order valence-electron chi connectivity index (χ3n) is 12.1. The molecule has 394 valence electrons. The molecule has 0 spiro atoms. The number of hydrogen-bond acceptors (Lipinski definition) is 10. The van der Waals surface area contributed by atoms with Gasteiger partial charge >= 0.3 is 5.97 Å². The van der Waals surface area contributed by atoms with Crippen LogP contribution in [-0.2, 0) is 23.8 Å². The summed E-state index contributed by atoms with van der Waals surface area (Å²) in [7, 11) is 0. The Bertz CT molecular complexity index is 1480. The Morgan fingerprint density at radius 3 is 1.57 bits per heavy atom. The van der Waals surface area contributed by atoms with E-state index in [0.29, 0.717) is 12.8 Å². The number of amides is 1. The van der Waals surface area contributed by atoms with Crippen LogP contribution in [0, 0.1) is 0 Å². The van der Waals surface area contributed by atoms with Crippen molar-refractivity contribution in [1.82, 2.24) is 5.32 Å². The number of esters is 1. The largest absolute Gasteiger partial charge is 0.454 e. The Labute approximate surface area is 418 Å². The van der Waals surface area contributed by atoms with Crippen LogP contribution in [-0.4, -0.2) is 99.6 Å². The van der Waals surface area contributed by atoms with Crippen molar-refractivity contribution >= 4 is 11.9 Å². The predicted octanol–water partition coefficient (Wildman–Crippen LogP) is 11.6. The third kappa shape index (κ3) is 34.5. The zero-order valence-corrected chi connectivity index (χ0v) is 43.1. The Morgan fingerprint density at radius 2 is 1.04 bits per heavy atom. The molecule has 11 nitrogen and oxygen atoms in total. The van der Waals surface area contributed by atoms with Crippen LogP contribution in [0.15, 0.2) is 97.2 Å². The van der Waals surface area contributed by atoms with Crippen LogP contribution in [0.3, 0.4) is 0 Å². The molecule has 1 aliphatic rings. The number of allylic oxidation sites excluding steroid dienone is 15. The smallest absolute Gasteiger partial charge is 0.306 e. The van der Waals surface area contributed by atoms with Gasteiger partial charge in [0.1, 0.15) is 24.4 Å². The summed E-state index contributed by atoms with van der Waals surface area (Å²) >= 11 is 0. The Balaban J connectivity index is 2.80. The summed E-state index contributed by atoms with van der Waals surface area (Å²) in [6.07, 6.45) is 48.8. The first kappa shape index (κ1) is 63.6. The lowest BCUT2D eigenvalue weighted by Gasteiger charge is -2.41. The van der Waals surface area contributed by atoms with Gasteiger partial charge in [0.15, 0.2) is 12.4 Å². The molecule has 69 heavy (non-hydrogen) atoms. The molecule has 6 N–H and O–H groups in total. The highest BCUT2D eigenvalue weighted by Crippen LogP contribution is 2.26. The zero-order chi connectivity index (χ0) is 50.4. The van der Waals surface area contributed by atoms with E-state index >= 15 is 0 Å². The fraction of sp³-hybridized carbons (Fsp3) is 0.690. The molecule has 0 aromatic rings. The molecule has 0 aromatic carbocycles. The van der Waals surface area contributed by atoms with Crippen LogP contribution >= 0.6 is 0 Å². The van der Waals surface area contributed by atoms with Crippen LogP contribution < -0.4 is 5.32 Å². The second kappa shape index (κ2) is 45.7. The average molecular weight is 968 g/mol. The molecule has 1 amide bonds. The molecule has 1 aliphatic heterocycles. The number of carbonyl (C=O) groups is 2. The number of rotatable bonds is 43.